The lowest BCUT2D eigenvalue weighted by Gasteiger charge is -2.25. The molecule has 2 amide bonds. The number of likely N-dealkylation sites (tertiary alicyclic amines) is 1. The molecule has 1 aliphatic rings. The van der Waals surface area contributed by atoms with Crippen molar-refractivity contribution >= 4 is 17.8 Å². The largest absolute Gasteiger partial charge is 0.478 e. The number of carbonyl (C=O) groups is 3. The molecular weight excluding hydrogens is 334 g/mol. The fourth-order valence-corrected chi connectivity index (χ4v) is 2.96. The molecule has 1 saturated heterocycles. The fourth-order valence-electron chi connectivity index (χ4n) is 2.96. The van der Waals surface area contributed by atoms with E-state index in [4.69, 9.17) is 5.11 Å². The van der Waals surface area contributed by atoms with Crippen molar-refractivity contribution in [2.75, 3.05) is 13.1 Å². The Bertz CT molecular complexity index is 823. The number of rotatable bonds is 6. The molecule has 2 heterocycles. The molecule has 2 N–H and O–H groups in total. The first-order chi connectivity index (χ1) is 12.5. The standard InChI is InChI=1S/C19H19N3O4/c23-17-7-4-10-22(17)12-16(13-5-2-1-3-6-13)21-18(24)15-11-14(19(25)26)8-9-20-15/h1-3,5-6,8-9,11,16H,4,7,10,12H2,(H,21,24)(H,25,26). The molecule has 2 aromatic rings. The van der Waals surface area contributed by atoms with E-state index in [1.54, 1.807) is 4.90 Å². The minimum atomic E-state index is -1.12. The van der Waals surface area contributed by atoms with Crippen molar-refractivity contribution in [3.05, 3.63) is 65.5 Å². The number of amides is 2. The van der Waals surface area contributed by atoms with Crippen LogP contribution in [0.1, 0.15) is 45.3 Å². The number of hydrogen-bond acceptors (Lipinski definition) is 4. The van der Waals surface area contributed by atoms with Gasteiger partial charge < -0.3 is 15.3 Å². The Labute approximate surface area is 150 Å². The van der Waals surface area contributed by atoms with Gasteiger partial charge in [-0.15, -0.1) is 0 Å². The summed E-state index contributed by atoms with van der Waals surface area (Å²) in [6.07, 6.45) is 2.63. The number of carboxylic acids is 1. The van der Waals surface area contributed by atoms with Gasteiger partial charge in [-0.2, -0.15) is 0 Å². The van der Waals surface area contributed by atoms with Gasteiger partial charge in [-0.1, -0.05) is 30.3 Å². The summed E-state index contributed by atoms with van der Waals surface area (Å²) < 4.78 is 0. The first-order valence-corrected chi connectivity index (χ1v) is 8.37. The van der Waals surface area contributed by atoms with Crippen LogP contribution < -0.4 is 5.32 Å². The first-order valence-electron chi connectivity index (χ1n) is 8.37. The molecule has 0 saturated carbocycles. The van der Waals surface area contributed by atoms with E-state index in [0.29, 0.717) is 19.5 Å². The van der Waals surface area contributed by atoms with Crippen molar-refractivity contribution in [2.24, 2.45) is 0 Å². The zero-order valence-electron chi connectivity index (χ0n) is 14.1. The lowest BCUT2D eigenvalue weighted by atomic mass is 10.1. The van der Waals surface area contributed by atoms with Crippen LogP contribution in [0, 0.1) is 0 Å². The van der Waals surface area contributed by atoms with Crippen molar-refractivity contribution in [3.63, 3.8) is 0 Å². The van der Waals surface area contributed by atoms with E-state index in [0.717, 1.165) is 12.0 Å². The summed E-state index contributed by atoms with van der Waals surface area (Å²) in [6.45, 7) is 1.04. The number of carboxylic acid groups (broad SMARTS) is 1. The zero-order valence-corrected chi connectivity index (χ0v) is 14.1. The Hall–Kier alpha value is -3.22. The maximum atomic E-state index is 12.6. The molecule has 1 aliphatic heterocycles. The highest BCUT2D eigenvalue weighted by molar-refractivity contribution is 5.96. The van der Waals surface area contributed by atoms with Crippen LogP contribution in [0.25, 0.3) is 0 Å². The Balaban J connectivity index is 1.80. The van der Waals surface area contributed by atoms with Crippen LogP contribution in [0.15, 0.2) is 48.7 Å². The van der Waals surface area contributed by atoms with Gasteiger partial charge in [0.25, 0.3) is 5.91 Å². The Morgan fingerprint density at radius 1 is 1.23 bits per heavy atom. The molecule has 26 heavy (non-hydrogen) atoms. The summed E-state index contributed by atoms with van der Waals surface area (Å²) in [4.78, 5) is 41.3. The molecule has 7 nitrogen and oxygen atoms in total. The zero-order chi connectivity index (χ0) is 18.5. The van der Waals surface area contributed by atoms with Crippen molar-refractivity contribution in [1.82, 2.24) is 15.2 Å². The highest BCUT2D eigenvalue weighted by Crippen LogP contribution is 2.19. The summed E-state index contributed by atoms with van der Waals surface area (Å²) in [5.41, 5.74) is 0.893. The lowest BCUT2D eigenvalue weighted by Crippen LogP contribution is -2.38. The summed E-state index contributed by atoms with van der Waals surface area (Å²) >= 11 is 0. The van der Waals surface area contributed by atoms with Gasteiger partial charge in [0, 0.05) is 25.7 Å². The second-order valence-corrected chi connectivity index (χ2v) is 6.11. The fraction of sp³-hybridized carbons (Fsp3) is 0.263. The molecular formula is C19H19N3O4. The molecule has 1 aromatic heterocycles. The van der Waals surface area contributed by atoms with Gasteiger partial charge in [0.1, 0.15) is 5.69 Å². The second kappa shape index (κ2) is 7.77. The summed E-state index contributed by atoms with van der Waals surface area (Å²) in [6, 6.07) is 11.5. The first kappa shape index (κ1) is 17.6. The minimum Gasteiger partial charge on any atom is -0.478 e. The molecule has 3 rings (SSSR count). The van der Waals surface area contributed by atoms with E-state index >= 15 is 0 Å². The van der Waals surface area contributed by atoms with Crippen LogP contribution >= 0.6 is 0 Å². The average Bonchev–Trinajstić information content (AvgIpc) is 3.06. The summed E-state index contributed by atoms with van der Waals surface area (Å²) in [5.74, 6) is -1.52. The van der Waals surface area contributed by atoms with Gasteiger partial charge in [-0.05, 0) is 24.1 Å². The number of aromatic carboxylic acids is 1. The third kappa shape index (κ3) is 4.05. The van der Waals surface area contributed by atoms with Crippen LogP contribution in [-0.4, -0.2) is 45.9 Å². The highest BCUT2D eigenvalue weighted by Gasteiger charge is 2.26. The van der Waals surface area contributed by atoms with E-state index < -0.39 is 17.9 Å². The third-order valence-electron chi connectivity index (χ3n) is 4.32. The molecule has 0 spiro atoms. The molecule has 1 unspecified atom stereocenters. The van der Waals surface area contributed by atoms with Gasteiger partial charge in [-0.25, -0.2) is 4.79 Å². The molecule has 1 atom stereocenters. The van der Waals surface area contributed by atoms with E-state index in [2.05, 4.69) is 10.3 Å². The van der Waals surface area contributed by atoms with Gasteiger partial charge in [0.05, 0.1) is 11.6 Å². The number of carbonyl (C=O) groups excluding carboxylic acids is 2. The average molecular weight is 353 g/mol. The topological polar surface area (TPSA) is 99.6 Å². The smallest absolute Gasteiger partial charge is 0.335 e. The van der Waals surface area contributed by atoms with E-state index in [1.165, 1.54) is 18.3 Å². The number of benzene rings is 1. The molecule has 0 radical (unpaired) electrons. The summed E-state index contributed by atoms with van der Waals surface area (Å²) in [5, 5.41) is 11.9. The minimum absolute atomic E-state index is 0.00358. The van der Waals surface area contributed by atoms with Crippen LogP contribution in [0.2, 0.25) is 0 Å². The van der Waals surface area contributed by atoms with Crippen LogP contribution in [0.4, 0.5) is 0 Å². The van der Waals surface area contributed by atoms with E-state index in [-0.39, 0.29) is 17.2 Å². The second-order valence-electron chi connectivity index (χ2n) is 6.11. The number of aromatic nitrogens is 1. The van der Waals surface area contributed by atoms with Gasteiger partial charge in [0.15, 0.2) is 0 Å². The Kier molecular flexibility index (Phi) is 5.26. The normalized spacial score (nSPS) is 14.9. The van der Waals surface area contributed by atoms with Crippen molar-refractivity contribution in [2.45, 2.75) is 18.9 Å². The van der Waals surface area contributed by atoms with Crippen molar-refractivity contribution in [3.8, 4) is 0 Å². The summed E-state index contributed by atoms with van der Waals surface area (Å²) in [7, 11) is 0. The molecule has 0 bridgehead atoms. The van der Waals surface area contributed by atoms with E-state index in [1.807, 2.05) is 30.3 Å². The van der Waals surface area contributed by atoms with Gasteiger partial charge in [0.2, 0.25) is 5.91 Å². The van der Waals surface area contributed by atoms with Crippen molar-refractivity contribution < 1.29 is 19.5 Å². The number of hydrogen-bond donors (Lipinski definition) is 2. The lowest BCUT2D eigenvalue weighted by molar-refractivity contribution is -0.128. The molecule has 7 heteroatoms. The molecule has 0 aliphatic carbocycles. The quantitative estimate of drug-likeness (QED) is 0.826. The van der Waals surface area contributed by atoms with Gasteiger partial charge >= 0.3 is 5.97 Å². The molecule has 1 aromatic carbocycles. The Morgan fingerprint density at radius 2 is 2.00 bits per heavy atom. The van der Waals surface area contributed by atoms with E-state index in [9.17, 15) is 14.4 Å². The van der Waals surface area contributed by atoms with Crippen molar-refractivity contribution in [1.29, 1.82) is 0 Å². The molecule has 1 fully saturated rings. The predicted octanol–water partition coefficient (Wildman–Crippen LogP) is 1.87. The third-order valence-corrected chi connectivity index (χ3v) is 4.32. The van der Waals surface area contributed by atoms with Gasteiger partial charge in [-0.3, -0.25) is 14.6 Å². The monoisotopic (exact) mass is 353 g/mol. The predicted molar refractivity (Wildman–Crippen MR) is 93.7 cm³/mol. The number of nitrogens with one attached hydrogen (secondary N) is 1. The molecule has 134 valence electrons. The highest BCUT2D eigenvalue weighted by atomic mass is 16.4. The number of nitrogens with zero attached hydrogens (tertiary/aromatic N) is 2. The number of pyridine rings is 1. The van der Waals surface area contributed by atoms with Crippen LogP contribution in [0.5, 0.6) is 0 Å². The van der Waals surface area contributed by atoms with Crippen LogP contribution in [-0.2, 0) is 4.79 Å². The SMILES string of the molecule is O=C(O)c1ccnc(C(=O)NC(CN2CCCC2=O)c2ccccc2)c1. The maximum Gasteiger partial charge on any atom is 0.335 e. The maximum absolute atomic E-state index is 12.6. The Morgan fingerprint density at radius 3 is 2.65 bits per heavy atom. The van der Waals surface area contributed by atoms with Crippen LogP contribution in [0.3, 0.4) is 0 Å².